The molecular formula is C12H24N2O4S. The van der Waals surface area contributed by atoms with Crippen molar-refractivity contribution in [2.24, 2.45) is 0 Å². The molecule has 1 N–H and O–H groups in total. The molecule has 1 heterocycles. The smallest absolute Gasteiger partial charge is 0.306 e. The number of sulfonamides is 1. The molecule has 1 saturated heterocycles. The SMILES string of the molecule is CCOC(=O)CCS(=O)(=O)N(CC)CC1CCCN1. The third kappa shape index (κ3) is 5.46. The summed E-state index contributed by atoms with van der Waals surface area (Å²) < 4.78 is 30.5. The van der Waals surface area contributed by atoms with Crippen LogP contribution in [0.1, 0.15) is 33.1 Å². The van der Waals surface area contributed by atoms with Crippen molar-refractivity contribution in [1.82, 2.24) is 9.62 Å². The van der Waals surface area contributed by atoms with Crippen molar-refractivity contribution in [1.29, 1.82) is 0 Å². The summed E-state index contributed by atoms with van der Waals surface area (Å²) >= 11 is 0. The van der Waals surface area contributed by atoms with Crippen LogP contribution < -0.4 is 5.32 Å². The zero-order valence-corrected chi connectivity index (χ0v) is 12.5. The van der Waals surface area contributed by atoms with Crippen LogP contribution in [0.2, 0.25) is 0 Å². The summed E-state index contributed by atoms with van der Waals surface area (Å²) in [6.45, 7) is 5.67. The van der Waals surface area contributed by atoms with Crippen molar-refractivity contribution >= 4 is 16.0 Å². The topological polar surface area (TPSA) is 75.7 Å². The number of rotatable bonds is 8. The number of nitrogens with one attached hydrogen (secondary N) is 1. The fraction of sp³-hybridized carbons (Fsp3) is 0.917. The van der Waals surface area contributed by atoms with Gasteiger partial charge in [-0.05, 0) is 26.3 Å². The molecule has 0 aliphatic carbocycles. The summed E-state index contributed by atoms with van der Waals surface area (Å²) in [6.07, 6.45) is 2.01. The fourth-order valence-corrected chi connectivity index (χ4v) is 3.66. The van der Waals surface area contributed by atoms with Crippen molar-refractivity contribution in [3.63, 3.8) is 0 Å². The van der Waals surface area contributed by atoms with Crippen molar-refractivity contribution < 1.29 is 17.9 Å². The molecule has 1 aliphatic rings. The summed E-state index contributed by atoms with van der Waals surface area (Å²) in [6, 6.07) is 0.234. The van der Waals surface area contributed by atoms with Crippen LogP contribution in [0.3, 0.4) is 0 Å². The maximum absolute atomic E-state index is 12.1. The molecule has 0 aromatic rings. The van der Waals surface area contributed by atoms with Crippen LogP contribution in [-0.2, 0) is 19.6 Å². The summed E-state index contributed by atoms with van der Waals surface area (Å²) in [5, 5.41) is 3.28. The van der Waals surface area contributed by atoms with Gasteiger partial charge in [-0.2, -0.15) is 0 Å². The Bertz CT molecular complexity index is 377. The first-order valence-corrected chi connectivity index (χ1v) is 8.47. The van der Waals surface area contributed by atoms with Crippen molar-refractivity contribution in [2.75, 3.05) is 32.0 Å². The lowest BCUT2D eigenvalue weighted by molar-refractivity contribution is -0.142. The average molecular weight is 292 g/mol. The molecule has 7 heteroatoms. The minimum absolute atomic E-state index is 0.0786. The number of esters is 1. The van der Waals surface area contributed by atoms with Crippen LogP contribution in [-0.4, -0.2) is 56.7 Å². The van der Waals surface area contributed by atoms with E-state index in [9.17, 15) is 13.2 Å². The Morgan fingerprint density at radius 2 is 2.16 bits per heavy atom. The molecule has 1 atom stereocenters. The number of hydrogen-bond acceptors (Lipinski definition) is 5. The van der Waals surface area contributed by atoms with E-state index in [4.69, 9.17) is 4.74 Å². The molecule has 1 aliphatic heterocycles. The van der Waals surface area contributed by atoms with E-state index < -0.39 is 16.0 Å². The number of nitrogens with zero attached hydrogens (tertiary/aromatic N) is 1. The Balaban J connectivity index is 2.49. The highest BCUT2D eigenvalue weighted by atomic mass is 32.2. The van der Waals surface area contributed by atoms with Gasteiger partial charge >= 0.3 is 5.97 Å². The Kier molecular flexibility index (Phi) is 6.74. The van der Waals surface area contributed by atoms with E-state index in [2.05, 4.69) is 5.32 Å². The van der Waals surface area contributed by atoms with E-state index in [1.54, 1.807) is 6.92 Å². The molecule has 1 fully saturated rings. The molecular weight excluding hydrogens is 268 g/mol. The number of likely N-dealkylation sites (N-methyl/N-ethyl adjacent to an activating group) is 1. The van der Waals surface area contributed by atoms with Gasteiger partial charge in [0.25, 0.3) is 0 Å². The van der Waals surface area contributed by atoms with E-state index in [1.807, 2.05) is 6.92 Å². The maximum Gasteiger partial charge on any atom is 0.306 e. The first-order chi connectivity index (χ1) is 8.99. The molecule has 1 unspecified atom stereocenters. The second-order valence-corrected chi connectivity index (χ2v) is 6.70. The predicted molar refractivity (Wildman–Crippen MR) is 73.3 cm³/mol. The standard InChI is InChI=1S/C12H24N2O4S/c1-3-14(10-11-6-5-8-13-11)19(16,17)9-7-12(15)18-4-2/h11,13H,3-10H2,1-2H3. The molecule has 0 bridgehead atoms. The normalized spacial score (nSPS) is 19.8. The fourth-order valence-electron chi connectivity index (χ4n) is 2.17. The van der Waals surface area contributed by atoms with Crippen LogP contribution in [0.5, 0.6) is 0 Å². The van der Waals surface area contributed by atoms with Gasteiger partial charge in [0.1, 0.15) is 0 Å². The lowest BCUT2D eigenvalue weighted by Gasteiger charge is -2.23. The Morgan fingerprint density at radius 1 is 1.42 bits per heavy atom. The van der Waals surface area contributed by atoms with Gasteiger partial charge in [-0.15, -0.1) is 0 Å². The molecule has 0 saturated carbocycles. The molecule has 0 aromatic carbocycles. The second-order valence-electron chi connectivity index (χ2n) is 4.61. The third-order valence-electron chi connectivity index (χ3n) is 3.20. The molecule has 112 valence electrons. The van der Waals surface area contributed by atoms with Crippen LogP contribution >= 0.6 is 0 Å². The van der Waals surface area contributed by atoms with Gasteiger partial charge in [-0.25, -0.2) is 12.7 Å². The Morgan fingerprint density at radius 3 is 2.68 bits per heavy atom. The van der Waals surface area contributed by atoms with Crippen molar-refractivity contribution in [2.45, 2.75) is 39.2 Å². The van der Waals surface area contributed by atoms with Gasteiger partial charge in [-0.3, -0.25) is 4.79 Å². The largest absolute Gasteiger partial charge is 0.466 e. The highest BCUT2D eigenvalue weighted by Crippen LogP contribution is 2.11. The zero-order valence-electron chi connectivity index (χ0n) is 11.7. The molecule has 0 amide bonds. The first kappa shape index (κ1) is 16.4. The summed E-state index contributed by atoms with van der Waals surface area (Å²) in [5.41, 5.74) is 0. The van der Waals surface area contributed by atoms with Crippen LogP contribution in [0, 0.1) is 0 Å². The van der Waals surface area contributed by atoms with Gasteiger partial charge in [0, 0.05) is 19.1 Å². The highest BCUT2D eigenvalue weighted by molar-refractivity contribution is 7.89. The van der Waals surface area contributed by atoms with E-state index in [-0.39, 0.29) is 24.8 Å². The maximum atomic E-state index is 12.1. The lowest BCUT2D eigenvalue weighted by atomic mass is 10.2. The van der Waals surface area contributed by atoms with E-state index >= 15 is 0 Å². The number of hydrogen-bond donors (Lipinski definition) is 1. The van der Waals surface area contributed by atoms with Crippen molar-refractivity contribution in [3.05, 3.63) is 0 Å². The molecule has 0 aromatic heterocycles. The minimum Gasteiger partial charge on any atom is -0.466 e. The molecule has 0 radical (unpaired) electrons. The van der Waals surface area contributed by atoms with Gasteiger partial charge in [0.05, 0.1) is 18.8 Å². The summed E-state index contributed by atoms with van der Waals surface area (Å²) in [7, 11) is -3.38. The Hall–Kier alpha value is -0.660. The van der Waals surface area contributed by atoms with E-state index in [0.717, 1.165) is 19.4 Å². The van der Waals surface area contributed by atoms with Gasteiger partial charge in [-0.1, -0.05) is 6.92 Å². The zero-order chi connectivity index (χ0) is 14.3. The summed E-state index contributed by atoms with van der Waals surface area (Å²) in [4.78, 5) is 11.2. The lowest BCUT2D eigenvalue weighted by Crippen LogP contribution is -2.42. The van der Waals surface area contributed by atoms with Gasteiger partial charge < -0.3 is 10.1 Å². The van der Waals surface area contributed by atoms with Gasteiger partial charge in [0.2, 0.25) is 10.0 Å². The highest BCUT2D eigenvalue weighted by Gasteiger charge is 2.26. The van der Waals surface area contributed by atoms with Crippen molar-refractivity contribution in [3.8, 4) is 0 Å². The number of ether oxygens (including phenoxy) is 1. The van der Waals surface area contributed by atoms with Crippen LogP contribution in [0.4, 0.5) is 0 Å². The first-order valence-electron chi connectivity index (χ1n) is 6.86. The van der Waals surface area contributed by atoms with Gasteiger partial charge in [0.15, 0.2) is 0 Å². The summed E-state index contributed by atoms with van der Waals surface area (Å²) in [5.74, 6) is -0.632. The molecule has 19 heavy (non-hydrogen) atoms. The molecule has 6 nitrogen and oxygen atoms in total. The number of carbonyl (C=O) groups excluding carboxylic acids is 1. The monoisotopic (exact) mass is 292 g/mol. The quantitative estimate of drug-likeness (QED) is 0.653. The Labute approximate surface area is 115 Å². The average Bonchev–Trinajstić information content (AvgIpc) is 2.86. The van der Waals surface area contributed by atoms with E-state index in [0.29, 0.717) is 13.1 Å². The predicted octanol–water partition coefficient (Wildman–Crippen LogP) is 0.343. The van der Waals surface area contributed by atoms with Crippen LogP contribution in [0.15, 0.2) is 0 Å². The van der Waals surface area contributed by atoms with E-state index in [1.165, 1.54) is 4.31 Å². The third-order valence-corrected chi connectivity index (χ3v) is 5.12. The molecule has 0 spiro atoms. The molecule has 1 rings (SSSR count). The second kappa shape index (κ2) is 7.81. The van der Waals surface area contributed by atoms with Crippen LogP contribution in [0.25, 0.3) is 0 Å². The minimum atomic E-state index is -3.38. The number of carbonyl (C=O) groups is 1.